The smallest absolute Gasteiger partial charge is 0.241 e. The molecule has 0 radical (unpaired) electrons. The first-order valence-corrected chi connectivity index (χ1v) is 18.9. The van der Waals surface area contributed by atoms with Crippen molar-refractivity contribution in [2.45, 2.75) is 86.1 Å². The van der Waals surface area contributed by atoms with Gasteiger partial charge in [0.05, 0.1) is 31.5 Å². The molecule has 2 fully saturated rings. The number of nitrogens with zero attached hydrogens (tertiary/aromatic N) is 3. The minimum absolute atomic E-state index is 0.0622. The number of halogens is 1. The van der Waals surface area contributed by atoms with Crippen molar-refractivity contribution in [3.05, 3.63) is 77.1 Å². The fourth-order valence-corrected chi connectivity index (χ4v) is 6.84. The third-order valence-electron chi connectivity index (χ3n) is 9.25. The van der Waals surface area contributed by atoms with Gasteiger partial charge in [0.2, 0.25) is 11.8 Å². The Hall–Kier alpha value is -3.27. The topological polar surface area (TPSA) is 173 Å². The SMILES string of the molecule is CN(C)C(=O)CN(C[C@H](O)[C@@H](O)[C@H](O)[C@H](O)CO)C(=O)CCCSc1ccc(Cl)c(COC2(c3cnccc3-c3ccccc3OC3CC3)CC2)c1. The van der Waals surface area contributed by atoms with Gasteiger partial charge in [-0.15, -0.1) is 11.8 Å². The van der Waals surface area contributed by atoms with Gasteiger partial charge < -0.3 is 44.8 Å². The van der Waals surface area contributed by atoms with Crippen LogP contribution in [0.1, 0.15) is 49.7 Å². The van der Waals surface area contributed by atoms with E-state index in [0.717, 1.165) is 63.5 Å². The highest BCUT2D eigenvalue weighted by molar-refractivity contribution is 7.99. The maximum Gasteiger partial charge on any atom is 0.241 e. The third-order valence-corrected chi connectivity index (χ3v) is 10.7. The summed E-state index contributed by atoms with van der Waals surface area (Å²) < 4.78 is 12.9. The van der Waals surface area contributed by atoms with Gasteiger partial charge in [-0.3, -0.25) is 14.6 Å². The van der Waals surface area contributed by atoms with E-state index >= 15 is 0 Å². The summed E-state index contributed by atoms with van der Waals surface area (Å²) in [5, 5.41) is 50.0. The van der Waals surface area contributed by atoms with Crippen LogP contribution >= 0.6 is 23.4 Å². The summed E-state index contributed by atoms with van der Waals surface area (Å²) >= 11 is 8.17. The van der Waals surface area contributed by atoms with Gasteiger partial charge in [-0.25, -0.2) is 0 Å². The number of aliphatic hydroxyl groups excluding tert-OH is 5. The molecular formula is C38H48ClN3O9S. The number of hydrogen-bond donors (Lipinski definition) is 5. The second-order valence-electron chi connectivity index (χ2n) is 13.6. The summed E-state index contributed by atoms with van der Waals surface area (Å²) in [6, 6.07) is 15.8. The van der Waals surface area contributed by atoms with Crippen LogP contribution in [0.4, 0.5) is 0 Å². The zero-order chi connectivity index (χ0) is 37.4. The molecule has 5 N–H and O–H groups in total. The van der Waals surface area contributed by atoms with Gasteiger partial charge >= 0.3 is 0 Å². The fraction of sp³-hybridized carbons (Fsp3) is 0.500. The molecule has 14 heteroatoms. The number of rotatable bonds is 20. The van der Waals surface area contributed by atoms with Crippen LogP contribution in [-0.4, -0.2) is 122 Å². The molecule has 0 aliphatic heterocycles. The number of aliphatic hydroxyl groups is 5. The van der Waals surface area contributed by atoms with Crippen LogP contribution in [0.5, 0.6) is 5.75 Å². The molecule has 1 aromatic heterocycles. The van der Waals surface area contributed by atoms with Crippen molar-refractivity contribution in [1.82, 2.24) is 14.8 Å². The molecule has 0 bridgehead atoms. The van der Waals surface area contributed by atoms with E-state index in [-0.39, 0.29) is 19.1 Å². The monoisotopic (exact) mass is 757 g/mol. The van der Waals surface area contributed by atoms with Gasteiger partial charge in [-0.1, -0.05) is 29.8 Å². The van der Waals surface area contributed by atoms with E-state index in [4.69, 9.17) is 26.2 Å². The largest absolute Gasteiger partial charge is 0.490 e. The highest BCUT2D eigenvalue weighted by Crippen LogP contribution is 2.53. The van der Waals surface area contributed by atoms with E-state index in [1.165, 1.54) is 19.0 Å². The zero-order valence-electron chi connectivity index (χ0n) is 29.4. The molecule has 5 rings (SSSR count). The number of amides is 2. The van der Waals surface area contributed by atoms with Crippen LogP contribution in [0.3, 0.4) is 0 Å². The lowest BCUT2D eigenvalue weighted by Gasteiger charge is -2.30. The summed E-state index contributed by atoms with van der Waals surface area (Å²) in [6.45, 7) is -1.32. The van der Waals surface area contributed by atoms with Gasteiger partial charge in [0.15, 0.2) is 0 Å². The number of pyridine rings is 1. The number of ether oxygens (including phenoxy) is 2. The van der Waals surface area contributed by atoms with E-state index in [0.29, 0.717) is 23.8 Å². The Bertz CT molecular complexity index is 1670. The second-order valence-corrected chi connectivity index (χ2v) is 15.2. The van der Waals surface area contributed by atoms with E-state index < -0.39 is 55.0 Å². The van der Waals surface area contributed by atoms with Crippen LogP contribution in [0.15, 0.2) is 65.8 Å². The summed E-state index contributed by atoms with van der Waals surface area (Å²) in [7, 11) is 3.07. The van der Waals surface area contributed by atoms with Crippen LogP contribution in [0.25, 0.3) is 11.1 Å². The van der Waals surface area contributed by atoms with Gasteiger partial charge in [0.25, 0.3) is 0 Å². The molecule has 1 heterocycles. The first-order valence-electron chi connectivity index (χ1n) is 17.5. The molecule has 52 heavy (non-hydrogen) atoms. The average Bonchev–Trinajstić information content (AvgIpc) is 4.10. The Morgan fingerprint density at radius 3 is 2.42 bits per heavy atom. The first kappa shape index (κ1) is 39.9. The Morgan fingerprint density at radius 2 is 1.73 bits per heavy atom. The number of aromatic nitrogens is 1. The second kappa shape index (κ2) is 18.2. The molecule has 4 atom stereocenters. The summed E-state index contributed by atoms with van der Waals surface area (Å²) in [5.41, 5.74) is 3.45. The molecule has 0 saturated heterocycles. The van der Waals surface area contributed by atoms with Crippen molar-refractivity contribution in [3.8, 4) is 16.9 Å². The minimum Gasteiger partial charge on any atom is -0.490 e. The molecule has 3 aromatic rings. The Labute approximate surface area is 313 Å². The summed E-state index contributed by atoms with van der Waals surface area (Å²) in [4.78, 5) is 33.4. The van der Waals surface area contributed by atoms with Crippen molar-refractivity contribution >= 4 is 35.2 Å². The Balaban J connectivity index is 1.17. The van der Waals surface area contributed by atoms with Crippen molar-refractivity contribution in [2.75, 3.05) is 39.5 Å². The van der Waals surface area contributed by atoms with E-state index in [1.807, 2.05) is 48.7 Å². The Kier molecular flexibility index (Phi) is 14.0. The summed E-state index contributed by atoms with van der Waals surface area (Å²) in [6.07, 6.45) is 1.27. The minimum atomic E-state index is -1.85. The molecule has 12 nitrogen and oxygen atoms in total. The standard InChI is InChI=1S/C38H48ClN3O9S/c1-41(2)35(47)21-42(20-31(44)36(48)37(49)32(45)22-43)34(46)8-5-17-52-26-11-12-30(39)24(18-26)23-50-38(14-15-38)29-19-40-16-13-27(29)28-6-3-4-7-33(28)51-25-9-10-25/h3-4,6-7,11-13,16,18-19,25,31-32,36-37,43-45,48-49H,5,8-10,14-15,17,20-23H2,1-2H3/t31-,32+,36+,37+/m0/s1. The summed E-state index contributed by atoms with van der Waals surface area (Å²) in [5.74, 6) is 0.622. The number of likely N-dealkylation sites (N-methyl/N-ethyl adjacent to an activating group) is 1. The van der Waals surface area contributed by atoms with Gasteiger partial charge in [0, 0.05) is 60.5 Å². The van der Waals surface area contributed by atoms with Crippen molar-refractivity contribution in [2.24, 2.45) is 0 Å². The molecule has 2 aromatic carbocycles. The van der Waals surface area contributed by atoms with Crippen molar-refractivity contribution in [3.63, 3.8) is 0 Å². The number of carbonyl (C=O) groups excluding carboxylic acids is 2. The van der Waals surface area contributed by atoms with E-state index in [2.05, 4.69) is 11.1 Å². The number of carbonyl (C=O) groups is 2. The zero-order valence-corrected chi connectivity index (χ0v) is 31.0. The molecule has 0 spiro atoms. The normalized spacial score (nSPS) is 17.2. The quantitative estimate of drug-likeness (QED) is 0.0845. The average molecular weight is 758 g/mol. The van der Waals surface area contributed by atoms with Crippen LogP contribution in [0.2, 0.25) is 5.02 Å². The Morgan fingerprint density at radius 1 is 1.00 bits per heavy atom. The lowest BCUT2D eigenvalue weighted by atomic mass is 9.96. The van der Waals surface area contributed by atoms with Gasteiger partial charge in [0.1, 0.15) is 30.2 Å². The molecule has 2 saturated carbocycles. The first-order chi connectivity index (χ1) is 24.9. The highest BCUT2D eigenvalue weighted by atomic mass is 35.5. The third kappa shape index (κ3) is 10.4. The van der Waals surface area contributed by atoms with E-state index in [1.54, 1.807) is 18.0 Å². The molecule has 2 amide bonds. The van der Waals surface area contributed by atoms with Crippen LogP contribution < -0.4 is 4.74 Å². The molecule has 0 unspecified atom stereocenters. The van der Waals surface area contributed by atoms with Gasteiger partial charge in [-0.2, -0.15) is 0 Å². The lowest BCUT2D eigenvalue weighted by Crippen LogP contribution is -2.52. The predicted octanol–water partition coefficient (Wildman–Crippen LogP) is 3.37. The van der Waals surface area contributed by atoms with E-state index in [9.17, 15) is 30.0 Å². The lowest BCUT2D eigenvalue weighted by molar-refractivity contribution is -0.145. The predicted molar refractivity (Wildman–Crippen MR) is 197 cm³/mol. The maximum atomic E-state index is 13.2. The highest BCUT2D eigenvalue weighted by Gasteiger charge is 2.48. The molecule has 2 aliphatic carbocycles. The van der Waals surface area contributed by atoms with Crippen molar-refractivity contribution < 1.29 is 44.6 Å². The fourth-order valence-electron chi connectivity index (χ4n) is 5.75. The number of thioether (sulfide) groups is 1. The van der Waals surface area contributed by atoms with Crippen LogP contribution in [-0.2, 0) is 26.5 Å². The molecule has 282 valence electrons. The van der Waals surface area contributed by atoms with Gasteiger partial charge in [-0.05, 0) is 79.3 Å². The molecular weight excluding hydrogens is 710 g/mol. The maximum absolute atomic E-state index is 13.2. The molecule has 2 aliphatic rings. The number of para-hydroxylation sites is 1. The van der Waals surface area contributed by atoms with Crippen molar-refractivity contribution in [1.29, 1.82) is 0 Å². The number of benzene rings is 2. The number of hydrogen-bond acceptors (Lipinski definition) is 11. The van der Waals surface area contributed by atoms with Crippen LogP contribution in [0, 0.1) is 0 Å².